The van der Waals surface area contributed by atoms with Gasteiger partial charge in [-0.3, -0.25) is 0 Å². The molecule has 1 aromatic rings. The molecule has 1 saturated carbocycles. The van der Waals surface area contributed by atoms with Gasteiger partial charge in [-0.2, -0.15) is 0 Å². The molecule has 1 aromatic carbocycles. The van der Waals surface area contributed by atoms with E-state index in [4.69, 9.17) is 15.9 Å². The van der Waals surface area contributed by atoms with E-state index in [-0.39, 0.29) is 5.60 Å². The zero-order chi connectivity index (χ0) is 11.1. The van der Waals surface area contributed by atoms with Crippen molar-refractivity contribution in [1.82, 2.24) is 0 Å². The number of hydrogen-bond donors (Lipinski definition) is 2. The summed E-state index contributed by atoms with van der Waals surface area (Å²) in [5.41, 5.74) is 7.66. The van der Waals surface area contributed by atoms with Crippen molar-refractivity contribution in [2.24, 2.45) is 0 Å². The minimum Gasteiger partial charge on any atom is -0.488 e. The van der Waals surface area contributed by atoms with Crippen molar-refractivity contribution in [2.75, 3.05) is 5.73 Å². The van der Waals surface area contributed by atoms with Crippen LogP contribution in [0.4, 0.5) is 5.69 Å². The van der Waals surface area contributed by atoms with E-state index >= 15 is 0 Å². The largest absolute Gasteiger partial charge is 0.488 e. The Labute approximate surface area is 89.8 Å². The predicted octanol–water partition coefficient (Wildman–Crippen LogP) is 2.59. The first kappa shape index (κ1) is 10.0. The van der Waals surface area contributed by atoms with Gasteiger partial charge in [-0.05, 0) is 44.9 Å². The van der Waals surface area contributed by atoms with Crippen LogP contribution in [0.1, 0.15) is 32.3 Å². The third-order valence-electron chi connectivity index (χ3n) is 2.75. The summed E-state index contributed by atoms with van der Waals surface area (Å²) < 4.78 is 5.81. The summed E-state index contributed by atoms with van der Waals surface area (Å²) in [7, 11) is 0. The van der Waals surface area contributed by atoms with Crippen molar-refractivity contribution in [3.63, 3.8) is 0 Å². The fourth-order valence-electron chi connectivity index (χ4n) is 1.49. The van der Waals surface area contributed by atoms with Crippen molar-refractivity contribution in [1.29, 1.82) is 5.41 Å². The summed E-state index contributed by atoms with van der Waals surface area (Å²) in [6.07, 6.45) is 2.21. The summed E-state index contributed by atoms with van der Waals surface area (Å²) in [6.45, 7) is 3.83. The number of rotatable bonds is 3. The molecule has 0 saturated heterocycles. The van der Waals surface area contributed by atoms with Gasteiger partial charge in [0.2, 0.25) is 0 Å². The Morgan fingerprint density at radius 2 is 2.13 bits per heavy atom. The topological polar surface area (TPSA) is 59.1 Å². The molecule has 3 heteroatoms. The first-order valence-electron chi connectivity index (χ1n) is 5.14. The second kappa shape index (κ2) is 3.26. The van der Waals surface area contributed by atoms with Gasteiger partial charge in [-0.25, -0.2) is 0 Å². The lowest BCUT2D eigenvalue weighted by molar-refractivity contribution is 0.200. The second-order valence-electron chi connectivity index (χ2n) is 4.43. The maximum Gasteiger partial charge on any atom is 0.120 e. The van der Waals surface area contributed by atoms with Gasteiger partial charge in [-0.15, -0.1) is 0 Å². The SMILES string of the molecule is CC(=N)c1cc(OC2(C)CC2)ccc1N. The molecule has 0 heterocycles. The Kier molecular flexibility index (Phi) is 2.18. The fourth-order valence-corrected chi connectivity index (χ4v) is 1.49. The van der Waals surface area contributed by atoms with Crippen LogP contribution in [-0.4, -0.2) is 11.3 Å². The zero-order valence-electron chi connectivity index (χ0n) is 9.13. The van der Waals surface area contributed by atoms with E-state index in [1.54, 1.807) is 13.0 Å². The Hall–Kier alpha value is -1.51. The van der Waals surface area contributed by atoms with E-state index in [9.17, 15) is 0 Å². The highest BCUT2D eigenvalue weighted by Crippen LogP contribution is 2.39. The Bertz CT molecular complexity index is 408. The summed E-state index contributed by atoms with van der Waals surface area (Å²) in [5.74, 6) is 0.811. The van der Waals surface area contributed by atoms with Crippen LogP contribution < -0.4 is 10.5 Å². The molecular weight excluding hydrogens is 188 g/mol. The van der Waals surface area contributed by atoms with Crippen LogP contribution in [-0.2, 0) is 0 Å². The molecule has 1 aliphatic carbocycles. The lowest BCUT2D eigenvalue weighted by Gasteiger charge is -2.14. The molecule has 3 nitrogen and oxygen atoms in total. The minimum absolute atomic E-state index is 0.0172. The van der Waals surface area contributed by atoms with E-state index < -0.39 is 0 Å². The molecule has 0 radical (unpaired) electrons. The number of anilines is 1. The van der Waals surface area contributed by atoms with E-state index in [0.717, 1.165) is 24.2 Å². The zero-order valence-corrected chi connectivity index (χ0v) is 9.13. The maximum absolute atomic E-state index is 7.58. The molecule has 0 unspecified atom stereocenters. The summed E-state index contributed by atoms with van der Waals surface area (Å²) >= 11 is 0. The molecule has 0 spiro atoms. The first-order chi connectivity index (χ1) is 7.00. The van der Waals surface area contributed by atoms with Crippen LogP contribution in [0.5, 0.6) is 5.75 Å². The molecule has 1 aliphatic rings. The van der Waals surface area contributed by atoms with Crippen LogP contribution in [0.3, 0.4) is 0 Å². The van der Waals surface area contributed by atoms with Crippen molar-refractivity contribution in [3.05, 3.63) is 23.8 Å². The third-order valence-corrected chi connectivity index (χ3v) is 2.75. The Morgan fingerprint density at radius 3 is 2.67 bits per heavy atom. The molecule has 0 amide bonds. The Balaban J connectivity index is 2.26. The highest BCUT2D eigenvalue weighted by Gasteiger charge is 2.40. The van der Waals surface area contributed by atoms with Crippen LogP contribution >= 0.6 is 0 Å². The second-order valence-corrected chi connectivity index (χ2v) is 4.43. The maximum atomic E-state index is 7.58. The predicted molar refractivity (Wildman–Crippen MR) is 61.6 cm³/mol. The molecule has 3 N–H and O–H groups in total. The number of nitrogens with two attached hydrogens (primary N) is 1. The molecule has 1 fully saturated rings. The summed E-state index contributed by atoms with van der Waals surface area (Å²) in [4.78, 5) is 0. The smallest absolute Gasteiger partial charge is 0.120 e. The van der Waals surface area contributed by atoms with Crippen molar-refractivity contribution >= 4 is 11.4 Å². The monoisotopic (exact) mass is 204 g/mol. The lowest BCUT2D eigenvalue weighted by Crippen LogP contribution is -2.12. The molecule has 0 bridgehead atoms. The fraction of sp³-hybridized carbons (Fsp3) is 0.417. The standard InChI is InChI=1S/C12H16N2O/c1-8(13)10-7-9(3-4-11(10)14)15-12(2)5-6-12/h3-4,7,13H,5-6,14H2,1-2H3. The van der Waals surface area contributed by atoms with E-state index in [1.165, 1.54) is 0 Å². The lowest BCUT2D eigenvalue weighted by atomic mass is 10.1. The average molecular weight is 204 g/mol. The third kappa shape index (κ3) is 2.12. The molecule has 15 heavy (non-hydrogen) atoms. The van der Waals surface area contributed by atoms with Gasteiger partial charge < -0.3 is 15.9 Å². The highest BCUT2D eigenvalue weighted by molar-refractivity contribution is 6.01. The van der Waals surface area contributed by atoms with Gasteiger partial charge in [0.05, 0.1) is 0 Å². The Morgan fingerprint density at radius 1 is 1.47 bits per heavy atom. The molecule has 2 rings (SSSR count). The van der Waals surface area contributed by atoms with Crippen molar-refractivity contribution in [2.45, 2.75) is 32.3 Å². The van der Waals surface area contributed by atoms with E-state index in [2.05, 4.69) is 6.92 Å². The molecule has 0 aliphatic heterocycles. The van der Waals surface area contributed by atoms with Crippen LogP contribution in [0.2, 0.25) is 0 Å². The van der Waals surface area contributed by atoms with Gasteiger partial charge in [-0.1, -0.05) is 0 Å². The normalized spacial score (nSPS) is 17.2. The number of ether oxygens (including phenoxy) is 1. The summed E-state index contributed by atoms with van der Waals surface area (Å²) in [6, 6.07) is 5.51. The quantitative estimate of drug-likeness (QED) is 0.587. The molecule has 0 atom stereocenters. The van der Waals surface area contributed by atoms with Crippen LogP contribution in [0, 0.1) is 5.41 Å². The van der Waals surface area contributed by atoms with Gasteiger partial charge >= 0.3 is 0 Å². The molecular formula is C12H16N2O. The number of hydrogen-bond acceptors (Lipinski definition) is 3. The average Bonchev–Trinajstić information content (AvgIpc) is 2.87. The minimum atomic E-state index is 0.0172. The molecule has 0 aromatic heterocycles. The van der Waals surface area contributed by atoms with Gasteiger partial charge in [0.1, 0.15) is 11.4 Å². The highest BCUT2D eigenvalue weighted by atomic mass is 16.5. The van der Waals surface area contributed by atoms with Gasteiger partial charge in [0.15, 0.2) is 0 Å². The van der Waals surface area contributed by atoms with Crippen LogP contribution in [0.25, 0.3) is 0 Å². The van der Waals surface area contributed by atoms with E-state index in [0.29, 0.717) is 11.4 Å². The number of nitrogens with one attached hydrogen (secondary N) is 1. The molecule has 80 valence electrons. The van der Waals surface area contributed by atoms with Crippen LogP contribution in [0.15, 0.2) is 18.2 Å². The van der Waals surface area contributed by atoms with Gasteiger partial charge in [0, 0.05) is 17.0 Å². The number of nitrogen functional groups attached to an aromatic ring is 1. The van der Waals surface area contributed by atoms with Crippen molar-refractivity contribution < 1.29 is 4.74 Å². The van der Waals surface area contributed by atoms with Crippen molar-refractivity contribution in [3.8, 4) is 5.75 Å². The van der Waals surface area contributed by atoms with E-state index in [1.807, 2.05) is 12.1 Å². The first-order valence-corrected chi connectivity index (χ1v) is 5.14. The summed E-state index contributed by atoms with van der Waals surface area (Å²) in [5, 5.41) is 7.58. The van der Waals surface area contributed by atoms with Gasteiger partial charge in [0.25, 0.3) is 0 Å². The number of benzene rings is 1.